The van der Waals surface area contributed by atoms with Crippen molar-refractivity contribution in [3.8, 4) is 0 Å². The van der Waals surface area contributed by atoms with Gasteiger partial charge < -0.3 is 8.83 Å². The average Bonchev–Trinajstić information content (AvgIpc) is 3.19. The van der Waals surface area contributed by atoms with Crippen LogP contribution < -0.4 is 22.4 Å². The molecule has 148 valence electrons. The Morgan fingerprint density at radius 1 is 0.607 bits per heavy atom. The maximum Gasteiger partial charge on any atom is 0.356 e. The monoisotopic (exact) mass is 418 g/mol. The third kappa shape index (κ3) is 3.37. The average molecular weight is 419 g/mol. The molecule has 3 heterocycles. The fraction of sp³-hybridized carbons (Fsp3) is 0.600. The van der Waals surface area contributed by atoms with Crippen LogP contribution in [-0.2, 0) is 0 Å². The summed E-state index contributed by atoms with van der Waals surface area (Å²) in [4.78, 5) is 34.3. The van der Waals surface area contributed by atoms with Crippen molar-refractivity contribution in [3.63, 3.8) is 0 Å². The Kier molecular flexibility index (Phi) is 4.92. The van der Waals surface area contributed by atoms with Crippen LogP contribution >= 0.6 is 22.7 Å². The molecule has 0 unspecified atom stereocenters. The molecule has 0 radical (unpaired) electrons. The standard InChI is InChI=1S/C20H22N2O4S2/c23-19-15-13(17(25-19)21-11-7-3-1-4-8-11)27-16-14(28-15)18(26-20(16)24)22-12-9-5-2-6-10-12/h11-12H,1-10H2. The first-order valence-corrected chi connectivity index (χ1v) is 11.8. The highest BCUT2D eigenvalue weighted by atomic mass is 32.1. The number of hydrogen-bond acceptors (Lipinski definition) is 8. The molecule has 0 amide bonds. The first kappa shape index (κ1) is 18.2. The second-order valence-electron chi connectivity index (χ2n) is 7.75. The smallest absolute Gasteiger partial charge is 0.356 e. The molecular weight excluding hydrogens is 396 g/mol. The van der Waals surface area contributed by atoms with Gasteiger partial charge in [0.15, 0.2) is 0 Å². The van der Waals surface area contributed by atoms with Gasteiger partial charge in [-0.15, -0.1) is 22.7 Å². The molecular formula is C20H22N2O4S2. The molecule has 6 nitrogen and oxygen atoms in total. The molecule has 28 heavy (non-hydrogen) atoms. The molecule has 2 aliphatic rings. The predicted molar refractivity (Wildman–Crippen MR) is 110 cm³/mol. The van der Waals surface area contributed by atoms with E-state index in [2.05, 4.69) is 0 Å². The summed E-state index contributed by atoms with van der Waals surface area (Å²) in [5.41, 5.74) is -0.0159. The Labute approximate surface area is 168 Å². The van der Waals surface area contributed by atoms with Crippen LogP contribution in [0.25, 0.3) is 18.8 Å². The van der Waals surface area contributed by atoms with E-state index in [4.69, 9.17) is 18.8 Å². The van der Waals surface area contributed by atoms with Crippen molar-refractivity contribution in [1.82, 2.24) is 0 Å². The van der Waals surface area contributed by atoms with Crippen LogP contribution in [-0.4, -0.2) is 12.1 Å². The van der Waals surface area contributed by atoms with E-state index in [9.17, 15) is 9.59 Å². The SMILES string of the molecule is O=c1oc(=NC2CCCCC2)c2sc3c(=O)oc(=NC4CCCCC4)c3sc12. The van der Waals surface area contributed by atoms with E-state index in [-0.39, 0.29) is 23.3 Å². The van der Waals surface area contributed by atoms with Gasteiger partial charge in [-0.1, -0.05) is 38.5 Å². The minimum absolute atomic E-state index is 0.198. The first-order chi connectivity index (χ1) is 13.7. The second kappa shape index (κ2) is 7.55. The lowest BCUT2D eigenvalue weighted by Gasteiger charge is -2.16. The van der Waals surface area contributed by atoms with E-state index >= 15 is 0 Å². The van der Waals surface area contributed by atoms with Crippen molar-refractivity contribution in [2.75, 3.05) is 0 Å². The zero-order chi connectivity index (χ0) is 19.1. The molecule has 5 rings (SSSR count). The van der Waals surface area contributed by atoms with Crippen LogP contribution in [0, 0.1) is 0 Å². The molecule has 3 aromatic heterocycles. The van der Waals surface area contributed by atoms with Crippen LogP contribution in [0.15, 0.2) is 28.4 Å². The molecule has 0 saturated heterocycles. The molecule has 0 N–H and O–H groups in total. The van der Waals surface area contributed by atoms with Crippen LogP contribution in [0.3, 0.4) is 0 Å². The summed E-state index contributed by atoms with van der Waals surface area (Å²) >= 11 is 2.51. The van der Waals surface area contributed by atoms with Crippen molar-refractivity contribution in [2.45, 2.75) is 76.3 Å². The largest absolute Gasteiger partial charge is 0.402 e. The van der Waals surface area contributed by atoms with Gasteiger partial charge in [0.05, 0.1) is 12.1 Å². The predicted octanol–water partition coefficient (Wildman–Crippen LogP) is 3.93. The maximum atomic E-state index is 12.4. The molecule has 0 bridgehead atoms. The fourth-order valence-electron chi connectivity index (χ4n) is 4.22. The van der Waals surface area contributed by atoms with Gasteiger partial charge >= 0.3 is 11.3 Å². The zero-order valence-corrected chi connectivity index (χ0v) is 17.2. The lowest BCUT2D eigenvalue weighted by Crippen LogP contribution is -2.14. The summed E-state index contributed by atoms with van der Waals surface area (Å²) in [7, 11) is 0. The van der Waals surface area contributed by atoms with Crippen LogP contribution in [0.4, 0.5) is 0 Å². The van der Waals surface area contributed by atoms with E-state index in [1.165, 1.54) is 35.5 Å². The zero-order valence-electron chi connectivity index (χ0n) is 15.6. The van der Waals surface area contributed by atoms with Gasteiger partial charge in [-0.05, 0) is 25.7 Å². The third-order valence-corrected chi connectivity index (χ3v) is 8.28. The third-order valence-electron chi connectivity index (χ3n) is 5.71. The Morgan fingerprint density at radius 3 is 1.39 bits per heavy atom. The van der Waals surface area contributed by atoms with Crippen molar-refractivity contribution in [1.29, 1.82) is 0 Å². The Morgan fingerprint density at radius 2 is 1.00 bits per heavy atom. The molecule has 0 atom stereocenters. The summed E-state index contributed by atoms with van der Waals surface area (Å²) in [6, 6.07) is 0.395. The van der Waals surface area contributed by atoms with Crippen LogP contribution in [0.1, 0.15) is 64.2 Å². The molecule has 3 aromatic rings. The van der Waals surface area contributed by atoms with Gasteiger partial charge in [0.1, 0.15) is 18.8 Å². The van der Waals surface area contributed by atoms with Crippen molar-refractivity contribution < 1.29 is 8.83 Å². The summed E-state index contributed by atoms with van der Waals surface area (Å²) in [5.74, 6) is 0. The molecule has 0 spiro atoms. The van der Waals surface area contributed by atoms with Crippen molar-refractivity contribution in [3.05, 3.63) is 31.9 Å². The summed E-state index contributed by atoms with van der Waals surface area (Å²) in [6.45, 7) is 0. The number of hydrogen-bond donors (Lipinski definition) is 0. The number of rotatable bonds is 2. The van der Waals surface area contributed by atoms with Gasteiger partial charge in [-0.2, -0.15) is 0 Å². The van der Waals surface area contributed by atoms with Gasteiger partial charge in [-0.3, -0.25) is 0 Å². The molecule has 2 fully saturated rings. The van der Waals surface area contributed by atoms with E-state index in [0.717, 1.165) is 51.4 Å². The van der Waals surface area contributed by atoms with Crippen molar-refractivity contribution in [2.24, 2.45) is 9.98 Å². The van der Waals surface area contributed by atoms with Crippen LogP contribution in [0.2, 0.25) is 0 Å². The molecule has 8 heteroatoms. The molecule has 0 aliphatic heterocycles. The fourth-order valence-corrected chi connectivity index (χ4v) is 6.46. The van der Waals surface area contributed by atoms with Gasteiger partial charge in [0.2, 0.25) is 11.1 Å². The molecule has 2 aliphatic carbocycles. The van der Waals surface area contributed by atoms with Crippen molar-refractivity contribution >= 4 is 41.5 Å². The molecule has 2 saturated carbocycles. The Bertz CT molecular complexity index is 1140. The van der Waals surface area contributed by atoms with E-state index < -0.39 is 0 Å². The number of furan rings is 2. The first-order valence-electron chi connectivity index (χ1n) is 10.1. The van der Waals surface area contributed by atoms with E-state index in [1.807, 2.05) is 0 Å². The normalized spacial score (nSPS) is 21.3. The highest BCUT2D eigenvalue weighted by Crippen LogP contribution is 2.27. The summed E-state index contributed by atoms with van der Waals surface area (Å²) < 4.78 is 13.3. The minimum atomic E-state index is -0.384. The topological polar surface area (TPSA) is 85.1 Å². The lowest BCUT2D eigenvalue weighted by molar-refractivity contribution is 0.408. The Balaban J connectivity index is 1.67. The highest BCUT2D eigenvalue weighted by molar-refractivity contribution is 7.36. The maximum absolute atomic E-state index is 12.4. The number of fused-ring (bicyclic) bond motifs is 2. The van der Waals surface area contributed by atoms with E-state index in [0.29, 0.717) is 29.9 Å². The van der Waals surface area contributed by atoms with Gasteiger partial charge in [0.25, 0.3) is 0 Å². The summed E-state index contributed by atoms with van der Waals surface area (Å²) in [6.07, 6.45) is 11.2. The quantitative estimate of drug-likeness (QED) is 0.631. The van der Waals surface area contributed by atoms with E-state index in [1.54, 1.807) is 0 Å². The second-order valence-corrected chi connectivity index (χ2v) is 9.79. The van der Waals surface area contributed by atoms with Gasteiger partial charge in [-0.25, -0.2) is 19.6 Å². The minimum Gasteiger partial charge on any atom is -0.402 e. The number of nitrogens with zero attached hydrogens (tertiary/aromatic N) is 2. The molecule has 0 aromatic carbocycles. The Hall–Kier alpha value is -1.80. The highest BCUT2D eigenvalue weighted by Gasteiger charge is 2.20. The lowest BCUT2D eigenvalue weighted by atomic mass is 9.96. The van der Waals surface area contributed by atoms with Crippen LogP contribution in [0.5, 0.6) is 0 Å². The van der Waals surface area contributed by atoms with Gasteiger partial charge in [0, 0.05) is 0 Å². The summed E-state index contributed by atoms with van der Waals surface area (Å²) in [5, 5.41) is 0.